The molecule has 1 N–H and O–H groups in total. The quantitative estimate of drug-likeness (QED) is 0.829. The molecule has 2 aliphatic heterocycles. The van der Waals surface area contributed by atoms with Crippen molar-refractivity contribution in [2.24, 2.45) is 0 Å². The summed E-state index contributed by atoms with van der Waals surface area (Å²) in [6.45, 7) is 1.94. The van der Waals surface area contributed by atoms with Gasteiger partial charge in [0.25, 0.3) is 0 Å². The minimum Gasteiger partial charge on any atom is -0.489 e. The third-order valence-electron chi connectivity index (χ3n) is 4.38. The molecule has 6 heteroatoms. The smallest absolute Gasteiger partial charge is 0.224 e. The van der Waals surface area contributed by atoms with Gasteiger partial charge in [0.05, 0.1) is 17.9 Å². The molecule has 2 saturated heterocycles. The summed E-state index contributed by atoms with van der Waals surface area (Å²) < 4.78 is 30.3. The van der Waals surface area contributed by atoms with Crippen LogP contribution in [0.3, 0.4) is 0 Å². The fourth-order valence-electron chi connectivity index (χ4n) is 3.06. The summed E-state index contributed by atoms with van der Waals surface area (Å²) in [6, 6.07) is 4.15. The van der Waals surface area contributed by atoms with E-state index in [0.29, 0.717) is 30.9 Å². The van der Waals surface area contributed by atoms with E-state index >= 15 is 0 Å². The predicted molar refractivity (Wildman–Crippen MR) is 87.7 cm³/mol. The molecule has 2 heterocycles. The van der Waals surface area contributed by atoms with E-state index in [1.165, 1.54) is 12.1 Å². The molecule has 2 fully saturated rings. The summed E-state index contributed by atoms with van der Waals surface area (Å²) >= 11 is 0. The summed E-state index contributed by atoms with van der Waals surface area (Å²) in [5.41, 5.74) is 0.366. The molecule has 0 bridgehead atoms. The SMILES string of the molecule is O=C(CCC1CCCO1)Nc1cc(F)ccc1OCC1CCCO1. The first-order valence-electron chi connectivity index (χ1n) is 8.66. The fourth-order valence-corrected chi connectivity index (χ4v) is 3.06. The van der Waals surface area contributed by atoms with E-state index in [1.807, 2.05) is 0 Å². The van der Waals surface area contributed by atoms with Gasteiger partial charge >= 0.3 is 0 Å². The Morgan fingerprint density at radius 3 is 2.67 bits per heavy atom. The van der Waals surface area contributed by atoms with Crippen molar-refractivity contribution in [1.29, 1.82) is 0 Å². The van der Waals surface area contributed by atoms with Gasteiger partial charge in [-0.15, -0.1) is 0 Å². The first-order chi connectivity index (χ1) is 11.7. The van der Waals surface area contributed by atoms with E-state index in [1.54, 1.807) is 6.07 Å². The van der Waals surface area contributed by atoms with Crippen molar-refractivity contribution in [2.75, 3.05) is 25.1 Å². The molecule has 1 amide bonds. The highest BCUT2D eigenvalue weighted by molar-refractivity contribution is 5.92. The number of halogens is 1. The third-order valence-corrected chi connectivity index (χ3v) is 4.38. The van der Waals surface area contributed by atoms with Crippen molar-refractivity contribution < 1.29 is 23.4 Å². The molecule has 1 aromatic rings. The van der Waals surface area contributed by atoms with Crippen LogP contribution >= 0.6 is 0 Å². The molecule has 0 spiro atoms. The second-order valence-corrected chi connectivity index (χ2v) is 6.31. The van der Waals surface area contributed by atoms with Crippen LogP contribution in [0.15, 0.2) is 18.2 Å². The van der Waals surface area contributed by atoms with E-state index in [4.69, 9.17) is 14.2 Å². The Labute approximate surface area is 141 Å². The zero-order chi connectivity index (χ0) is 16.8. The first-order valence-corrected chi connectivity index (χ1v) is 8.66. The number of hydrogen-bond donors (Lipinski definition) is 1. The molecule has 2 aliphatic rings. The van der Waals surface area contributed by atoms with Crippen LogP contribution in [0.4, 0.5) is 10.1 Å². The lowest BCUT2D eigenvalue weighted by Crippen LogP contribution is -2.19. The van der Waals surface area contributed by atoms with Gasteiger partial charge in [0, 0.05) is 25.7 Å². The van der Waals surface area contributed by atoms with Crippen molar-refractivity contribution in [2.45, 2.75) is 50.7 Å². The van der Waals surface area contributed by atoms with E-state index in [-0.39, 0.29) is 18.1 Å². The monoisotopic (exact) mass is 337 g/mol. The number of carbonyl (C=O) groups is 1. The van der Waals surface area contributed by atoms with Crippen LogP contribution in [0.5, 0.6) is 5.75 Å². The maximum Gasteiger partial charge on any atom is 0.224 e. The summed E-state index contributed by atoms with van der Waals surface area (Å²) in [5, 5.41) is 2.75. The van der Waals surface area contributed by atoms with Crippen LogP contribution in [0.2, 0.25) is 0 Å². The molecule has 0 radical (unpaired) electrons. The highest BCUT2D eigenvalue weighted by atomic mass is 19.1. The number of hydrogen-bond acceptors (Lipinski definition) is 4. The van der Waals surface area contributed by atoms with Crippen molar-refractivity contribution in [3.63, 3.8) is 0 Å². The van der Waals surface area contributed by atoms with Crippen LogP contribution in [0, 0.1) is 5.82 Å². The number of anilines is 1. The molecule has 0 saturated carbocycles. The number of carbonyl (C=O) groups excluding carboxylic acids is 1. The van der Waals surface area contributed by atoms with E-state index in [0.717, 1.165) is 38.9 Å². The fraction of sp³-hybridized carbons (Fsp3) is 0.611. The van der Waals surface area contributed by atoms with Gasteiger partial charge in [-0.2, -0.15) is 0 Å². The molecule has 0 aromatic heterocycles. The molecule has 3 rings (SSSR count). The maximum absolute atomic E-state index is 13.5. The topological polar surface area (TPSA) is 56.8 Å². The standard InChI is InChI=1S/C18H24FNO4/c19-13-5-7-17(24-12-15-4-2-10-23-15)16(11-13)20-18(21)8-6-14-3-1-9-22-14/h5,7,11,14-15H,1-4,6,8-10,12H2,(H,20,21). The maximum atomic E-state index is 13.5. The summed E-state index contributed by atoms with van der Waals surface area (Å²) in [5.74, 6) is -0.0932. The van der Waals surface area contributed by atoms with Crippen molar-refractivity contribution in [3.8, 4) is 5.75 Å². The number of nitrogens with one attached hydrogen (secondary N) is 1. The normalized spacial score (nSPS) is 23.4. The molecule has 132 valence electrons. The number of rotatable bonds is 7. The summed E-state index contributed by atoms with van der Waals surface area (Å²) in [7, 11) is 0. The molecule has 24 heavy (non-hydrogen) atoms. The minimum absolute atomic E-state index is 0.0677. The van der Waals surface area contributed by atoms with E-state index in [9.17, 15) is 9.18 Å². The molecule has 2 unspecified atom stereocenters. The van der Waals surface area contributed by atoms with Gasteiger partial charge in [0.2, 0.25) is 5.91 Å². The van der Waals surface area contributed by atoms with Gasteiger partial charge in [-0.25, -0.2) is 4.39 Å². The Balaban J connectivity index is 1.54. The zero-order valence-electron chi connectivity index (χ0n) is 13.8. The van der Waals surface area contributed by atoms with Crippen LogP contribution in [0.25, 0.3) is 0 Å². The Morgan fingerprint density at radius 2 is 1.96 bits per heavy atom. The first kappa shape index (κ1) is 17.2. The van der Waals surface area contributed by atoms with Crippen LogP contribution < -0.4 is 10.1 Å². The van der Waals surface area contributed by atoms with Crippen LogP contribution in [0.1, 0.15) is 38.5 Å². The number of ether oxygens (including phenoxy) is 3. The van der Waals surface area contributed by atoms with Crippen molar-refractivity contribution in [1.82, 2.24) is 0 Å². The lowest BCUT2D eigenvalue weighted by Gasteiger charge is -2.16. The third kappa shape index (κ3) is 4.92. The molecular formula is C18H24FNO4. The highest BCUT2D eigenvalue weighted by Gasteiger charge is 2.19. The summed E-state index contributed by atoms with van der Waals surface area (Å²) in [4.78, 5) is 12.1. The van der Waals surface area contributed by atoms with Crippen LogP contribution in [-0.4, -0.2) is 37.9 Å². The zero-order valence-corrected chi connectivity index (χ0v) is 13.8. The average Bonchev–Trinajstić information content (AvgIpc) is 3.26. The lowest BCUT2D eigenvalue weighted by atomic mass is 10.1. The van der Waals surface area contributed by atoms with E-state index in [2.05, 4.69) is 5.32 Å². The van der Waals surface area contributed by atoms with Gasteiger partial charge in [-0.1, -0.05) is 0 Å². The minimum atomic E-state index is -0.408. The average molecular weight is 337 g/mol. The lowest BCUT2D eigenvalue weighted by molar-refractivity contribution is -0.116. The molecule has 2 atom stereocenters. The van der Waals surface area contributed by atoms with Gasteiger partial charge in [0.1, 0.15) is 18.2 Å². The Hall–Kier alpha value is -1.66. The van der Waals surface area contributed by atoms with E-state index < -0.39 is 5.82 Å². The van der Waals surface area contributed by atoms with Gasteiger partial charge in [0.15, 0.2) is 0 Å². The Kier molecular flexibility index (Phi) is 6.04. The van der Waals surface area contributed by atoms with Gasteiger partial charge in [-0.05, 0) is 44.2 Å². The highest BCUT2D eigenvalue weighted by Crippen LogP contribution is 2.27. The van der Waals surface area contributed by atoms with Crippen LogP contribution in [-0.2, 0) is 14.3 Å². The number of amides is 1. The second-order valence-electron chi connectivity index (χ2n) is 6.31. The number of benzene rings is 1. The Bertz CT molecular complexity index is 554. The Morgan fingerprint density at radius 1 is 1.21 bits per heavy atom. The molecular weight excluding hydrogens is 313 g/mol. The van der Waals surface area contributed by atoms with Gasteiger partial charge < -0.3 is 19.5 Å². The molecule has 0 aliphatic carbocycles. The molecule has 5 nitrogen and oxygen atoms in total. The predicted octanol–water partition coefficient (Wildman–Crippen LogP) is 3.28. The molecule has 1 aromatic carbocycles. The van der Waals surface area contributed by atoms with Crippen molar-refractivity contribution in [3.05, 3.63) is 24.0 Å². The second kappa shape index (κ2) is 8.44. The van der Waals surface area contributed by atoms with Crippen molar-refractivity contribution >= 4 is 11.6 Å². The summed E-state index contributed by atoms with van der Waals surface area (Å²) in [6.07, 6.45) is 5.32. The van der Waals surface area contributed by atoms with Gasteiger partial charge in [-0.3, -0.25) is 4.79 Å². The largest absolute Gasteiger partial charge is 0.489 e.